The SMILES string of the molecule is NC(Cc1ccc(Cl)c(Cl)c1)c1ccc2ccccc2c1. The lowest BCUT2D eigenvalue weighted by atomic mass is 9.97. The van der Waals surface area contributed by atoms with E-state index in [1.165, 1.54) is 10.8 Å². The first-order valence-electron chi connectivity index (χ1n) is 6.82. The van der Waals surface area contributed by atoms with E-state index in [2.05, 4.69) is 30.3 Å². The zero-order valence-electron chi connectivity index (χ0n) is 11.4. The fourth-order valence-corrected chi connectivity index (χ4v) is 2.80. The van der Waals surface area contributed by atoms with E-state index in [0.717, 1.165) is 17.5 Å². The number of hydrogen-bond donors (Lipinski definition) is 1. The number of benzene rings is 3. The van der Waals surface area contributed by atoms with Gasteiger partial charge in [0.05, 0.1) is 10.0 Å². The zero-order valence-corrected chi connectivity index (χ0v) is 12.9. The largest absolute Gasteiger partial charge is 0.324 e. The number of nitrogens with two attached hydrogens (primary N) is 1. The Morgan fingerprint density at radius 1 is 0.810 bits per heavy atom. The molecule has 3 aromatic carbocycles. The van der Waals surface area contributed by atoms with Gasteiger partial charge in [0.15, 0.2) is 0 Å². The first kappa shape index (κ1) is 14.4. The van der Waals surface area contributed by atoms with Crippen LogP contribution in [0, 0.1) is 0 Å². The normalized spacial score (nSPS) is 12.5. The molecular formula is C18H15Cl2N. The second-order valence-electron chi connectivity index (χ2n) is 5.17. The molecule has 0 saturated heterocycles. The topological polar surface area (TPSA) is 26.0 Å². The monoisotopic (exact) mass is 315 g/mol. The van der Waals surface area contributed by atoms with Crippen LogP contribution in [0.25, 0.3) is 10.8 Å². The summed E-state index contributed by atoms with van der Waals surface area (Å²) in [5.41, 5.74) is 8.54. The third kappa shape index (κ3) is 3.21. The standard InChI is InChI=1S/C18H15Cl2N/c19-16-8-5-12(9-17(16)20)10-18(21)15-7-6-13-3-1-2-4-14(13)11-15/h1-9,11,18H,10,21H2. The van der Waals surface area contributed by atoms with Crippen molar-refractivity contribution in [2.24, 2.45) is 5.73 Å². The van der Waals surface area contributed by atoms with Gasteiger partial charge in [-0.05, 0) is 46.5 Å². The lowest BCUT2D eigenvalue weighted by Crippen LogP contribution is -2.13. The van der Waals surface area contributed by atoms with Crippen LogP contribution >= 0.6 is 23.2 Å². The third-order valence-corrected chi connectivity index (χ3v) is 4.38. The highest BCUT2D eigenvalue weighted by Gasteiger charge is 2.09. The molecule has 21 heavy (non-hydrogen) atoms. The molecule has 0 radical (unpaired) electrons. The summed E-state index contributed by atoms with van der Waals surface area (Å²) in [6.07, 6.45) is 0.731. The summed E-state index contributed by atoms with van der Waals surface area (Å²) in [6.45, 7) is 0. The van der Waals surface area contributed by atoms with Crippen LogP contribution in [0.2, 0.25) is 10.0 Å². The fraction of sp³-hybridized carbons (Fsp3) is 0.111. The quantitative estimate of drug-likeness (QED) is 0.689. The van der Waals surface area contributed by atoms with Gasteiger partial charge in [-0.2, -0.15) is 0 Å². The van der Waals surface area contributed by atoms with E-state index in [-0.39, 0.29) is 6.04 Å². The highest BCUT2D eigenvalue weighted by Crippen LogP contribution is 2.26. The fourth-order valence-electron chi connectivity index (χ4n) is 2.48. The van der Waals surface area contributed by atoms with Crippen LogP contribution in [0.3, 0.4) is 0 Å². The number of fused-ring (bicyclic) bond motifs is 1. The molecule has 3 aromatic rings. The Kier molecular flexibility index (Phi) is 4.16. The maximum Gasteiger partial charge on any atom is 0.0595 e. The lowest BCUT2D eigenvalue weighted by molar-refractivity contribution is 0.723. The molecule has 0 aliphatic carbocycles. The summed E-state index contributed by atoms with van der Waals surface area (Å²) in [4.78, 5) is 0. The molecule has 0 aliphatic heterocycles. The van der Waals surface area contributed by atoms with E-state index in [1.54, 1.807) is 0 Å². The van der Waals surface area contributed by atoms with E-state index in [4.69, 9.17) is 28.9 Å². The zero-order chi connectivity index (χ0) is 14.8. The molecule has 1 atom stereocenters. The van der Waals surface area contributed by atoms with E-state index >= 15 is 0 Å². The van der Waals surface area contributed by atoms with Crippen LogP contribution in [-0.2, 0) is 6.42 Å². The van der Waals surface area contributed by atoms with Crippen molar-refractivity contribution in [2.75, 3.05) is 0 Å². The minimum Gasteiger partial charge on any atom is -0.324 e. The van der Waals surface area contributed by atoms with E-state index in [9.17, 15) is 0 Å². The molecule has 0 bridgehead atoms. The minimum absolute atomic E-state index is 0.0631. The summed E-state index contributed by atoms with van der Waals surface area (Å²) in [5, 5.41) is 3.57. The van der Waals surface area contributed by atoms with Gasteiger partial charge < -0.3 is 5.73 Å². The number of rotatable bonds is 3. The molecule has 1 nitrogen and oxygen atoms in total. The first-order valence-corrected chi connectivity index (χ1v) is 7.57. The highest BCUT2D eigenvalue weighted by molar-refractivity contribution is 6.42. The van der Waals surface area contributed by atoms with E-state index in [1.807, 2.05) is 30.3 Å². The van der Waals surface area contributed by atoms with Gasteiger partial charge in [0.1, 0.15) is 0 Å². The van der Waals surface area contributed by atoms with Gasteiger partial charge in [-0.25, -0.2) is 0 Å². The van der Waals surface area contributed by atoms with Crippen LogP contribution < -0.4 is 5.73 Å². The summed E-state index contributed by atoms with van der Waals surface area (Å²) >= 11 is 12.0. The molecule has 3 heteroatoms. The maximum atomic E-state index is 6.33. The van der Waals surface area contributed by atoms with Gasteiger partial charge in [-0.3, -0.25) is 0 Å². The van der Waals surface area contributed by atoms with Gasteiger partial charge in [-0.15, -0.1) is 0 Å². The molecule has 2 N–H and O–H groups in total. The predicted octanol–water partition coefficient (Wildman–Crippen LogP) is 5.39. The molecule has 0 saturated carbocycles. The third-order valence-electron chi connectivity index (χ3n) is 3.64. The minimum atomic E-state index is -0.0631. The van der Waals surface area contributed by atoms with Crippen molar-refractivity contribution in [1.29, 1.82) is 0 Å². The Labute approximate surface area is 134 Å². The second kappa shape index (κ2) is 6.07. The van der Waals surface area contributed by atoms with Crippen LogP contribution in [0.5, 0.6) is 0 Å². The van der Waals surface area contributed by atoms with Crippen molar-refractivity contribution in [3.05, 3.63) is 81.8 Å². The maximum absolute atomic E-state index is 6.33. The molecule has 1 unspecified atom stereocenters. The van der Waals surface area contributed by atoms with Gasteiger partial charge in [0.25, 0.3) is 0 Å². The van der Waals surface area contributed by atoms with Crippen LogP contribution in [0.4, 0.5) is 0 Å². The number of halogens is 2. The highest BCUT2D eigenvalue weighted by atomic mass is 35.5. The van der Waals surface area contributed by atoms with Crippen molar-refractivity contribution in [3.8, 4) is 0 Å². The molecular weight excluding hydrogens is 301 g/mol. The average Bonchev–Trinajstić information content (AvgIpc) is 2.50. The van der Waals surface area contributed by atoms with E-state index < -0.39 is 0 Å². The Hall–Kier alpha value is -1.54. The van der Waals surface area contributed by atoms with Gasteiger partial charge >= 0.3 is 0 Å². The summed E-state index contributed by atoms with van der Waals surface area (Å²) in [6, 6.07) is 20.2. The molecule has 0 heterocycles. The molecule has 0 amide bonds. The molecule has 0 aliphatic rings. The lowest BCUT2D eigenvalue weighted by Gasteiger charge is -2.13. The predicted molar refractivity (Wildman–Crippen MR) is 91.0 cm³/mol. The van der Waals surface area contributed by atoms with Gasteiger partial charge in [-0.1, -0.05) is 65.7 Å². The Bertz CT molecular complexity index is 783. The van der Waals surface area contributed by atoms with Crippen molar-refractivity contribution in [2.45, 2.75) is 12.5 Å². The molecule has 0 aromatic heterocycles. The number of hydrogen-bond acceptors (Lipinski definition) is 1. The van der Waals surface area contributed by atoms with Crippen LogP contribution in [0.1, 0.15) is 17.2 Å². The van der Waals surface area contributed by atoms with Crippen molar-refractivity contribution in [3.63, 3.8) is 0 Å². The first-order chi connectivity index (χ1) is 10.1. The Morgan fingerprint density at radius 3 is 2.33 bits per heavy atom. The van der Waals surface area contributed by atoms with Crippen molar-refractivity contribution >= 4 is 34.0 Å². The average molecular weight is 316 g/mol. The summed E-state index contributed by atoms with van der Waals surface area (Å²) < 4.78 is 0. The van der Waals surface area contributed by atoms with Gasteiger partial charge in [0.2, 0.25) is 0 Å². The van der Waals surface area contributed by atoms with Gasteiger partial charge in [0, 0.05) is 6.04 Å². The molecule has 3 rings (SSSR count). The van der Waals surface area contributed by atoms with Crippen LogP contribution in [-0.4, -0.2) is 0 Å². The molecule has 0 spiro atoms. The van der Waals surface area contributed by atoms with Crippen molar-refractivity contribution < 1.29 is 0 Å². The molecule has 106 valence electrons. The Morgan fingerprint density at radius 2 is 1.57 bits per heavy atom. The summed E-state index contributed by atoms with van der Waals surface area (Å²) in [5.74, 6) is 0. The second-order valence-corrected chi connectivity index (χ2v) is 5.98. The summed E-state index contributed by atoms with van der Waals surface area (Å²) in [7, 11) is 0. The van der Waals surface area contributed by atoms with Crippen LogP contribution in [0.15, 0.2) is 60.7 Å². The van der Waals surface area contributed by atoms with E-state index in [0.29, 0.717) is 10.0 Å². The Balaban J connectivity index is 1.85. The van der Waals surface area contributed by atoms with Crippen molar-refractivity contribution in [1.82, 2.24) is 0 Å². The molecule has 0 fully saturated rings. The smallest absolute Gasteiger partial charge is 0.0595 e.